The third-order valence-corrected chi connectivity index (χ3v) is 7.67. The van der Waals surface area contributed by atoms with E-state index in [1.807, 2.05) is 19.2 Å². The molecule has 1 unspecified atom stereocenters. The zero-order chi connectivity index (χ0) is 15.9. The molecule has 0 aliphatic carbocycles. The molecule has 1 aromatic rings. The van der Waals surface area contributed by atoms with E-state index in [-0.39, 0.29) is 6.04 Å². The summed E-state index contributed by atoms with van der Waals surface area (Å²) in [6, 6.07) is 3.66. The summed E-state index contributed by atoms with van der Waals surface area (Å²) >= 11 is 3.04. The Hall–Kier alpha value is -0.0800. The summed E-state index contributed by atoms with van der Waals surface area (Å²) in [5, 5.41) is 3.33. The monoisotopic (exact) mass is 350 g/mol. The summed E-state index contributed by atoms with van der Waals surface area (Å²) in [5.41, 5.74) is 0. The van der Waals surface area contributed by atoms with Crippen molar-refractivity contribution in [2.24, 2.45) is 0 Å². The first-order chi connectivity index (χ1) is 9.93. The molecule has 1 rings (SSSR count). The third kappa shape index (κ3) is 5.56. The van der Waals surface area contributed by atoms with Crippen LogP contribution in [0.5, 0.6) is 0 Å². The van der Waals surface area contributed by atoms with E-state index in [2.05, 4.69) is 12.2 Å². The van der Waals surface area contributed by atoms with Crippen molar-refractivity contribution in [3.05, 3.63) is 17.0 Å². The van der Waals surface area contributed by atoms with Crippen molar-refractivity contribution in [2.75, 3.05) is 32.1 Å². The Kier molecular flexibility index (Phi) is 8.26. The van der Waals surface area contributed by atoms with Gasteiger partial charge in [0.2, 0.25) is 0 Å². The van der Waals surface area contributed by atoms with Gasteiger partial charge < -0.3 is 5.32 Å². The molecule has 1 heterocycles. The number of sulfonamides is 1. The van der Waals surface area contributed by atoms with Gasteiger partial charge in [0.15, 0.2) is 0 Å². The first kappa shape index (κ1) is 19.0. The van der Waals surface area contributed by atoms with Crippen LogP contribution in [0.15, 0.2) is 16.3 Å². The Labute approximate surface area is 137 Å². The van der Waals surface area contributed by atoms with Gasteiger partial charge in [0.1, 0.15) is 4.21 Å². The summed E-state index contributed by atoms with van der Waals surface area (Å²) in [6.45, 7) is 5.98. The number of rotatable bonds is 10. The summed E-state index contributed by atoms with van der Waals surface area (Å²) in [6.07, 6.45) is 3.98. The number of hydrogen-bond acceptors (Lipinski definition) is 5. The fourth-order valence-electron chi connectivity index (χ4n) is 1.87. The predicted octanol–water partition coefficient (Wildman–Crippen LogP) is 2.66. The van der Waals surface area contributed by atoms with Crippen LogP contribution in [0.25, 0.3) is 0 Å². The Morgan fingerprint density at radius 2 is 2.10 bits per heavy atom. The maximum absolute atomic E-state index is 12.5. The number of thiophene rings is 1. The van der Waals surface area contributed by atoms with Gasteiger partial charge in [0.25, 0.3) is 10.0 Å². The van der Waals surface area contributed by atoms with E-state index in [4.69, 9.17) is 0 Å². The molecule has 1 atom stereocenters. The number of nitrogens with zero attached hydrogens (tertiary/aromatic N) is 1. The molecule has 1 aromatic heterocycles. The van der Waals surface area contributed by atoms with Gasteiger partial charge in [-0.15, -0.1) is 11.3 Å². The summed E-state index contributed by atoms with van der Waals surface area (Å²) < 4.78 is 27.0. The molecule has 4 nitrogen and oxygen atoms in total. The van der Waals surface area contributed by atoms with Crippen LogP contribution in [-0.2, 0) is 16.4 Å². The van der Waals surface area contributed by atoms with Gasteiger partial charge in [-0.3, -0.25) is 0 Å². The van der Waals surface area contributed by atoms with Crippen LogP contribution in [0.4, 0.5) is 0 Å². The first-order valence-corrected chi connectivity index (χ1v) is 10.8. The summed E-state index contributed by atoms with van der Waals surface area (Å²) in [4.78, 5) is 1.11. The van der Waals surface area contributed by atoms with Gasteiger partial charge in [-0.05, 0) is 51.2 Å². The van der Waals surface area contributed by atoms with E-state index in [0.717, 1.165) is 36.6 Å². The van der Waals surface area contributed by atoms with Gasteiger partial charge >= 0.3 is 0 Å². The normalized spacial score (nSPS) is 13.8. The molecule has 0 aliphatic rings. The molecule has 0 saturated heterocycles. The molecule has 0 bridgehead atoms. The summed E-state index contributed by atoms with van der Waals surface area (Å²) in [7, 11) is -1.69. The smallest absolute Gasteiger partial charge is 0.252 e. The maximum Gasteiger partial charge on any atom is 0.252 e. The lowest BCUT2D eigenvalue weighted by Crippen LogP contribution is -2.36. The zero-order valence-electron chi connectivity index (χ0n) is 13.3. The van der Waals surface area contributed by atoms with Crippen LogP contribution in [0, 0.1) is 0 Å². The second kappa shape index (κ2) is 9.15. The molecule has 0 fully saturated rings. The molecular formula is C14H26N2O2S3. The molecule has 0 spiro atoms. The predicted molar refractivity (Wildman–Crippen MR) is 94.0 cm³/mol. The van der Waals surface area contributed by atoms with Crippen LogP contribution in [0.3, 0.4) is 0 Å². The van der Waals surface area contributed by atoms with Gasteiger partial charge in [0, 0.05) is 23.7 Å². The molecule has 0 saturated carbocycles. The molecule has 0 amide bonds. The minimum absolute atomic E-state index is 0.00164. The van der Waals surface area contributed by atoms with Gasteiger partial charge in [-0.2, -0.15) is 16.1 Å². The van der Waals surface area contributed by atoms with Crippen LogP contribution in [0.2, 0.25) is 0 Å². The lowest BCUT2D eigenvalue weighted by molar-refractivity contribution is 0.416. The third-order valence-electron chi connectivity index (χ3n) is 3.27. The van der Waals surface area contributed by atoms with E-state index >= 15 is 0 Å². The Morgan fingerprint density at radius 1 is 1.38 bits per heavy atom. The van der Waals surface area contributed by atoms with Crippen LogP contribution in [-0.4, -0.2) is 50.9 Å². The number of thioether (sulfide) groups is 1. The topological polar surface area (TPSA) is 49.4 Å². The highest BCUT2D eigenvalue weighted by molar-refractivity contribution is 7.98. The van der Waals surface area contributed by atoms with Crippen molar-refractivity contribution >= 4 is 33.1 Å². The largest absolute Gasteiger partial charge is 0.316 e. The van der Waals surface area contributed by atoms with Gasteiger partial charge in [0.05, 0.1) is 0 Å². The van der Waals surface area contributed by atoms with E-state index in [1.54, 1.807) is 24.9 Å². The van der Waals surface area contributed by atoms with E-state index < -0.39 is 10.0 Å². The standard InChI is InChI=1S/C14H26N2O2S3/c1-5-9-15-10-8-13-6-7-14(20-13)21(17,18)16(3)12(2)11-19-4/h6-7,12,15H,5,8-11H2,1-4H3. The highest BCUT2D eigenvalue weighted by Crippen LogP contribution is 2.26. The van der Waals surface area contributed by atoms with Crippen LogP contribution < -0.4 is 5.32 Å². The summed E-state index contributed by atoms with van der Waals surface area (Å²) in [5.74, 6) is 0.800. The Morgan fingerprint density at radius 3 is 2.71 bits per heavy atom. The molecule has 122 valence electrons. The van der Waals surface area contributed by atoms with Gasteiger partial charge in [-0.1, -0.05) is 6.92 Å². The van der Waals surface area contributed by atoms with Crippen molar-refractivity contribution in [2.45, 2.75) is 36.9 Å². The van der Waals surface area contributed by atoms with Crippen LogP contribution >= 0.6 is 23.1 Å². The van der Waals surface area contributed by atoms with Crippen molar-refractivity contribution in [1.82, 2.24) is 9.62 Å². The minimum Gasteiger partial charge on any atom is -0.316 e. The Bertz CT molecular complexity index is 514. The van der Waals surface area contributed by atoms with Crippen molar-refractivity contribution in [3.63, 3.8) is 0 Å². The average Bonchev–Trinajstić information content (AvgIpc) is 2.92. The lowest BCUT2D eigenvalue weighted by atomic mass is 10.3. The minimum atomic E-state index is -3.36. The molecular weight excluding hydrogens is 324 g/mol. The zero-order valence-corrected chi connectivity index (χ0v) is 15.7. The van der Waals surface area contributed by atoms with E-state index in [1.165, 1.54) is 15.6 Å². The Balaban J connectivity index is 2.69. The molecule has 0 radical (unpaired) electrons. The first-order valence-electron chi connectivity index (χ1n) is 7.19. The van der Waals surface area contributed by atoms with Crippen molar-refractivity contribution in [1.29, 1.82) is 0 Å². The molecule has 0 aliphatic heterocycles. The molecule has 1 N–H and O–H groups in total. The van der Waals surface area contributed by atoms with Crippen molar-refractivity contribution < 1.29 is 8.42 Å². The van der Waals surface area contributed by atoms with E-state index in [0.29, 0.717) is 4.21 Å². The van der Waals surface area contributed by atoms with Crippen molar-refractivity contribution in [3.8, 4) is 0 Å². The fourth-order valence-corrected chi connectivity index (χ4v) is 5.57. The highest BCUT2D eigenvalue weighted by Gasteiger charge is 2.26. The number of nitrogens with one attached hydrogen (secondary N) is 1. The van der Waals surface area contributed by atoms with Gasteiger partial charge in [-0.25, -0.2) is 8.42 Å². The van der Waals surface area contributed by atoms with Crippen LogP contribution in [0.1, 0.15) is 25.1 Å². The highest BCUT2D eigenvalue weighted by atomic mass is 32.2. The second-order valence-electron chi connectivity index (χ2n) is 5.05. The average molecular weight is 351 g/mol. The van der Waals surface area contributed by atoms with E-state index in [9.17, 15) is 8.42 Å². The molecule has 7 heteroatoms. The fraction of sp³-hybridized carbons (Fsp3) is 0.714. The quantitative estimate of drug-likeness (QED) is 0.659. The number of hydrogen-bond donors (Lipinski definition) is 1. The molecule has 21 heavy (non-hydrogen) atoms. The SMILES string of the molecule is CCCNCCc1ccc(S(=O)(=O)N(C)C(C)CSC)s1. The second-order valence-corrected chi connectivity index (χ2v) is 9.35. The molecule has 0 aromatic carbocycles. The maximum atomic E-state index is 12.5. The lowest BCUT2D eigenvalue weighted by Gasteiger charge is -2.22.